The Morgan fingerprint density at radius 3 is 2.44 bits per heavy atom. The molecule has 0 saturated heterocycles. The average Bonchev–Trinajstić information content (AvgIpc) is 2.96. The first kappa shape index (κ1) is 19.0. The maximum Gasteiger partial charge on any atom is 0.251 e. The Bertz CT molecular complexity index is 674. The summed E-state index contributed by atoms with van der Waals surface area (Å²) in [5.74, 6) is 0.953. The van der Waals surface area contributed by atoms with Crippen LogP contribution in [-0.4, -0.2) is 46.5 Å². The molecule has 0 atom stereocenters. The summed E-state index contributed by atoms with van der Waals surface area (Å²) in [6, 6.07) is 7.54. The van der Waals surface area contributed by atoms with Gasteiger partial charge in [-0.15, -0.1) is 0 Å². The van der Waals surface area contributed by atoms with Gasteiger partial charge >= 0.3 is 0 Å². The predicted octanol–water partition coefficient (Wildman–Crippen LogP) is 2.41. The van der Waals surface area contributed by atoms with Gasteiger partial charge in [-0.3, -0.25) is 4.79 Å². The number of benzene rings is 1. The number of hydrogen-bond acceptors (Lipinski definition) is 4. The van der Waals surface area contributed by atoms with Gasteiger partial charge in [-0.05, 0) is 44.3 Å². The van der Waals surface area contributed by atoms with Gasteiger partial charge in [-0.1, -0.05) is 13.8 Å². The molecule has 0 aliphatic rings. The van der Waals surface area contributed by atoms with Crippen molar-refractivity contribution in [2.45, 2.75) is 27.3 Å². The van der Waals surface area contributed by atoms with Crippen molar-refractivity contribution in [2.75, 3.05) is 31.5 Å². The lowest BCUT2D eigenvalue weighted by Crippen LogP contribution is -2.34. The third-order valence-corrected chi connectivity index (χ3v) is 4.52. The van der Waals surface area contributed by atoms with Crippen LogP contribution in [0.15, 0.2) is 30.5 Å². The number of likely N-dealkylation sites (N-methyl/N-ethyl adjacent to an activating group) is 1. The van der Waals surface area contributed by atoms with E-state index in [1.165, 1.54) is 0 Å². The van der Waals surface area contributed by atoms with Crippen molar-refractivity contribution in [1.82, 2.24) is 19.8 Å². The molecule has 1 amide bonds. The van der Waals surface area contributed by atoms with Crippen LogP contribution < -0.4 is 10.6 Å². The van der Waals surface area contributed by atoms with E-state index in [1.807, 2.05) is 44.4 Å². The monoisotopic (exact) mass is 343 g/mol. The first-order valence-electron chi connectivity index (χ1n) is 8.86. The fraction of sp³-hybridized carbons (Fsp3) is 0.474. The molecule has 2 N–H and O–H groups in total. The summed E-state index contributed by atoms with van der Waals surface area (Å²) < 4.78 is 2.06. The summed E-state index contributed by atoms with van der Waals surface area (Å²) >= 11 is 0. The van der Waals surface area contributed by atoms with Crippen molar-refractivity contribution in [3.8, 4) is 0 Å². The van der Waals surface area contributed by atoms with Crippen molar-refractivity contribution in [2.24, 2.45) is 7.05 Å². The standard InChI is InChI=1S/C19H29N5O/c1-5-24(6-2)12-11-20-19(25)16-7-9-17(10-8-16)21-14-18-22-13-15(3)23(18)4/h7-10,13,21H,5-6,11-12,14H2,1-4H3,(H,20,25). The SMILES string of the molecule is CCN(CC)CCNC(=O)c1ccc(NCc2ncc(C)n2C)cc1. The number of aromatic nitrogens is 2. The lowest BCUT2D eigenvalue weighted by molar-refractivity contribution is 0.0949. The van der Waals surface area contributed by atoms with Crippen LogP contribution in [0.4, 0.5) is 5.69 Å². The lowest BCUT2D eigenvalue weighted by Gasteiger charge is -2.18. The van der Waals surface area contributed by atoms with E-state index in [1.54, 1.807) is 0 Å². The minimum atomic E-state index is -0.0292. The highest BCUT2D eigenvalue weighted by Crippen LogP contribution is 2.11. The molecule has 0 fully saturated rings. The van der Waals surface area contributed by atoms with Crippen molar-refractivity contribution >= 4 is 11.6 Å². The maximum absolute atomic E-state index is 12.2. The fourth-order valence-corrected chi connectivity index (χ4v) is 2.60. The number of imidazole rings is 1. The van der Waals surface area contributed by atoms with E-state index in [-0.39, 0.29) is 5.91 Å². The number of carbonyl (C=O) groups excluding carboxylic acids is 1. The molecule has 0 bridgehead atoms. The quantitative estimate of drug-likeness (QED) is 0.734. The molecule has 0 radical (unpaired) electrons. The molecule has 2 aromatic rings. The van der Waals surface area contributed by atoms with E-state index in [4.69, 9.17) is 0 Å². The third kappa shape index (κ3) is 5.32. The van der Waals surface area contributed by atoms with Gasteiger partial charge in [0.25, 0.3) is 5.91 Å². The number of nitrogens with zero attached hydrogens (tertiary/aromatic N) is 3. The zero-order chi connectivity index (χ0) is 18.2. The van der Waals surface area contributed by atoms with Crippen molar-refractivity contribution in [3.05, 3.63) is 47.5 Å². The molecule has 0 spiro atoms. The Labute approximate surface area is 150 Å². The molecule has 6 heteroatoms. The Morgan fingerprint density at radius 2 is 1.88 bits per heavy atom. The van der Waals surface area contributed by atoms with E-state index < -0.39 is 0 Å². The Kier molecular flexibility index (Phi) is 7.01. The second-order valence-corrected chi connectivity index (χ2v) is 6.09. The first-order chi connectivity index (χ1) is 12.0. The first-order valence-corrected chi connectivity index (χ1v) is 8.86. The van der Waals surface area contributed by atoms with E-state index in [0.717, 1.165) is 36.8 Å². The summed E-state index contributed by atoms with van der Waals surface area (Å²) in [6.45, 7) is 10.5. The second kappa shape index (κ2) is 9.22. The van der Waals surface area contributed by atoms with Crippen LogP contribution >= 0.6 is 0 Å². The molecule has 6 nitrogen and oxygen atoms in total. The minimum absolute atomic E-state index is 0.0292. The van der Waals surface area contributed by atoms with Gasteiger partial charge in [0.15, 0.2) is 0 Å². The van der Waals surface area contributed by atoms with Gasteiger partial charge in [0.05, 0.1) is 6.54 Å². The summed E-state index contributed by atoms with van der Waals surface area (Å²) in [4.78, 5) is 18.8. The summed E-state index contributed by atoms with van der Waals surface area (Å²) in [6.07, 6.45) is 1.86. The molecular weight excluding hydrogens is 314 g/mol. The predicted molar refractivity (Wildman–Crippen MR) is 102 cm³/mol. The van der Waals surface area contributed by atoms with Crippen molar-refractivity contribution in [3.63, 3.8) is 0 Å². The van der Waals surface area contributed by atoms with Gasteiger partial charge in [-0.25, -0.2) is 4.98 Å². The number of amides is 1. The smallest absolute Gasteiger partial charge is 0.251 e. The highest BCUT2D eigenvalue weighted by molar-refractivity contribution is 5.94. The summed E-state index contributed by atoms with van der Waals surface area (Å²) in [5.41, 5.74) is 2.78. The number of rotatable bonds is 9. The van der Waals surface area contributed by atoms with E-state index in [0.29, 0.717) is 18.7 Å². The third-order valence-electron chi connectivity index (χ3n) is 4.52. The minimum Gasteiger partial charge on any atom is -0.378 e. The van der Waals surface area contributed by atoms with E-state index in [9.17, 15) is 4.79 Å². The van der Waals surface area contributed by atoms with Crippen LogP contribution in [0.1, 0.15) is 35.7 Å². The molecule has 0 unspecified atom stereocenters. The van der Waals surface area contributed by atoms with Crippen LogP contribution in [0.2, 0.25) is 0 Å². The number of hydrogen-bond donors (Lipinski definition) is 2. The summed E-state index contributed by atoms with van der Waals surface area (Å²) in [5, 5.41) is 6.30. The van der Waals surface area contributed by atoms with Crippen molar-refractivity contribution in [1.29, 1.82) is 0 Å². The van der Waals surface area contributed by atoms with Crippen LogP contribution in [0.3, 0.4) is 0 Å². The number of nitrogens with one attached hydrogen (secondary N) is 2. The molecule has 1 heterocycles. The molecule has 136 valence electrons. The number of aryl methyl sites for hydroxylation is 1. The molecule has 1 aromatic heterocycles. The highest BCUT2D eigenvalue weighted by Gasteiger charge is 2.07. The fourth-order valence-electron chi connectivity index (χ4n) is 2.60. The topological polar surface area (TPSA) is 62.2 Å². The largest absolute Gasteiger partial charge is 0.378 e. The van der Waals surface area contributed by atoms with Gasteiger partial charge in [0.2, 0.25) is 0 Å². The molecule has 2 rings (SSSR count). The average molecular weight is 343 g/mol. The Balaban J connectivity index is 1.82. The van der Waals surface area contributed by atoms with Crippen molar-refractivity contribution < 1.29 is 4.79 Å². The van der Waals surface area contributed by atoms with E-state index >= 15 is 0 Å². The normalized spacial score (nSPS) is 10.9. The van der Waals surface area contributed by atoms with Crippen LogP contribution in [0, 0.1) is 6.92 Å². The van der Waals surface area contributed by atoms with Gasteiger partial charge < -0.3 is 20.1 Å². The van der Waals surface area contributed by atoms with Gasteiger partial charge in [-0.2, -0.15) is 0 Å². The molecule has 0 saturated carbocycles. The molecular formula is C19H29N5O. The number of anilines is 1. The molecule has 1 aromatic carbocycles. The Morgan fingerprint density at radius 1 is 1.20 bits per heavy atom. The molecule has 0 aliphatic carbocycles. The molecule has 0 aliphatic heterocycles. The number of carbonyl (C=O) groups is 1. The van der Waals surface area contributed by atoms with Crippen LogP contribution in [-0.2, 0) is 13.6 Å². The maximum atomic E-state index is 12.2. The highest BCUT2D eigenvalue weighted by atomic mass is 16.1. The summed E-state index contributed by atoms with van der Waals surface area (Å²) in [7, 11) is 2.00. The second-order valence-electron chi connectivity index (χ2n) is 6.09. The van der Waals surface area contributed by atoms with Gasteiger partial charge in [0.1, 0.15) is 5.82 Å². The zero-order valence-electron chi connectivity index (χ0n) is 15.7. The van der Waals surface area contributed by atoms with E-state index in [2.05, 4.69) is 38.9 Å². The lowest BCUT2D eigenvalue weighted by atomic mass is 10.2. The van der Waals surface area contributed by atoms with Crippen LogP contribution in [0.25, 0.3) is 0 Å². The molecule has 25 heavy (non-hydrogen) atoms. The van der Waals surface area contributed by atoms with Gasteiger partial charge in [0, 0.05) is 43.3 Å². The Hall–Kier alpha value is -2.34. The van der Waals surface area contributed by atoms with Crippen LogP contribution in [0.5, 0.6) is 0 Å². The zero-order valence-corrected chi connectivity index (χ0v) is 15.7.